The lowest BCUT2D eigenvalue weighted by Crippen LogP contribution is -2.62. The van der Waals surface area contributed by atoms with Gasteiger partial charge in [-0.15, -0.1) is 0 Å². The van der Waals surface area contributed by atoms with Gasteiger partial charge in [-0.3, -0.25) is 14.4 Å². The summed E-state index contributed by atoms with van der Waals surface area (Å²) in [5, 5.41) is 65.0. The van der Waals surface area contributed by atoms with Crippen molar-refractivity contribution in [1.29, 1.82) is 0 Å². The molecule has 0 unspecified atom stereocenters. The van der Waals surface area contributed by atoms with Crippen molar-refractivity contribution < 1.29 is 78.2 Å². The molecule has 0 amide bonds. The maximum atomic E-state index is 13.2. The molecule has 16 nitrogen and oxygen atoms in total. The lowest BCUT2D eigenvalue weighted by Gasteiger charge is -2.43. The van der Waals surface area contributed by atoms with Crippen LogP contribution in [0.15, 0.2) is 24.3 Å². The Hall–Kier alpha value is -2.51. The number of rotatable bonds is 53. The highest BCUT2D eigenvalue weighted by atomic mass is 16.7. The van der Waals surface area contributed by atoms with E-state index in [1.807, 2.05) is 0 Å². The van der Waals surface area contributed by atoms with Gasteiger partial charge in [0.2, 0.25) is 0 Å². The van der Waals surface area contributed by atoms with Crippen LogP contribution in [0.1, 0.15) is 278 Å². The van der Waals surface area contributed by atoms with Crippen molar-refractivity contribution in [3.63, 3.8) is 0 Å². The van der Waals surface area contributed by atoms with Crippen molar-refractivity contribution in [2.45, 2.75) is 345 Å². The fourth-order valence-corrected chi connectivity index (χ4v) is 10.4. The van der Waals surface area contributed by atoms with Gasteiger partial charge >= 0.3 is 17.9 Å². The van der Waals surface area contributed by atoms with Crippen molar-refractivity contribution in [1.82, 2.24) is 0 Å². The fraction of sp³-hybridized carbons (Fsp3) is 0.892. The molecule has 0 aliphatic carbocycles. The number of hydrogen-bond acceptors (Lipinski definition) is 16. The van der Waals surface area contributed by atoms with Crippen molar-refractivity contribution >= 4 is 17.9 Å². The summed E-state index contributed by atoms with van der Waals surface area (Å²) in [7, 11) is 0. The molecule has 0 radical (unpaired) electrons. The molecule has 81 heavy (non-hydrogen) atoms. The third kappa shape index (κ3) is 36.8. The summed E-state index contributed by atoms with van der Waals surface area (Å²) in [4.78, 5) is 39.0. The average Bonchev–Trinajstić information content (AvgIpc) is 3.54. The minimum Gasteiger partial charge on any atom is -0.462 e. The fourth-order valence-electron chi connectivity index (χ4n) is 10.4. The number of hydrogen-bond donors (Lipinski definition) is 6. The normalized spacial score (nSPS) is 23.6. The summed E-state index contributed by atoms with van der Waals surface area (Å²) < 4.78 is 40.1. The standard InChI is InChI=1S/C65H118O16/c1-4-7-10-13-16-19-22-25-26-29-32-34-37-40-43-46-56(68)78-52(49-75-55(67)45-42-39-36-33-30-27-23-20-17-14-11-8-5-2)50-76-64-61(73)60(72)58(70)54(80-64)51-77-65-62(74)63(59(71)53(48-66)79-65)81-57(69)47-44-41-38-35-31-28-24-21-18-15-12-9-6-3/h16,19,25-26,52-54,58-66,70-74H,4-15,17-18,20-24,27-51H2,1-3H3/b19-16-,26-25-/t52-,53-,54-,58+,59+,60+,61-,62-,63+,64-,65+/m1/s1. The van der Waals surface area contributed by atoms with Crippen LogP contribution in [0, 0.1) is 0 Å². The Kier molecular flexibility index (Phi) is 46.8. The van der Waals surface area contributed by atoms with E-state index >= 15 is 0 Å². The number of carbonyl (C=O) groups is 3. The lowest BCUT2D eigenvalue weighted by atomic mass is 9.98. The van der Waals surface area contributed by atoms with Gasteiger partial charge in [-0.05, 0) is 51.4 Å². The molecule has 0 aromatic carbocycles. The van der Waals surface area contributed by atoms with E-state index in [0.717, 1.165) is 89.9 Å². The molecular formula is C65H118O16. The summed E-state index contributed by atoms with van der Waals surface area (Å²) in [6.45, 7) is 4.72. The highest BCUT2D eigenvalue weighted by molar-refractivity contribution is 5.70. The number of carbonyl (C=O) groups excluding carboxylic acids is 3. The molecule has 6 N–H and O–H groups in total. The van der Waals surface area contributed by atoms with Gasteiger partial charge in [0.15, 0.2) is 24.8 Å². The molecule has 2 saturated heterocycles. The van der Waals surface area contributed by atoms with Crippen LogP contribution in [0.4, 0.5) is 0 Å². The Morgan fingerprint density at radius 3 is 1.32 bits per heavy atom. The van der Waals surface area contributed by atoms with E-state index in [1.54, 1.807) is 0 Å². The van der Waals surface area contributed by atoms with Crippen LogP contribution in [-0.2, 0) is 47.5 Å². The predicted octanol–water partition coefficient (Wildman–Crippen LogP) is 12.4. The van der Waals surface area contributed by atoms with E-state index in [1.165, 1.54) is 128 Å². The van der Waals surface area contributed by atoms with E-state index in [0.29, 0.717) is 19.3 Å². The Morgan fingerprint density at radius 1 is 0.420 bits per heavy atom. The Morgan fingerprint density at radius 2 is 0.827 bits per heavy atom. The van der Waals surface area contributed by atoms with Crippen LogP contribution >= 0.6 is 0 Å². The summed E-state index contributed by atoms with van der Waals surface area (Å²) in [5.41, 5.74) is 0. The minimum atomic E-state index is -1.79. The first kappa shape index (κ1) is 74.6. The second kappa shape index (κ2) is 50.8. The van der Waals surface area contributed by atoms with Crippen molar-refractivity contribution in [3.05, 3.63) is 24.3 Å². The monoisotopic (exact) mass is 1150 g/mol. The number of ether oxygens (including phenoxy) is 7. The number of allylic oxidation sites excluding steroid dienone is 4. The summed E-state index contributed by atoms with van der Waals surface area (Å²) >= 11 is 0. The second-order valence-corrected chi connectivity index (χ2v) is 23.1. The Balaban J connectivity index is 1.90. The third-order valence-corrected chi connectivity index (χ3v) is 15.7. The molecule has 2 fully saturated rings. The lowest BCUT2D eigenvalue weighted by molar-refractivity contribution is -0.333. The van der Waals surface area contributed by atoms with Gasteiger partial charge in [-0.1, -0.05) is 231 Å². The predicted molar refractivity (Wildman–Crippen MR) is 317 cm³/mol. The Labute approximate surface area is 490 Å². The van der Waals surface area contributed by atoms with Crippen LogP contribution in [0.2, 0.25) is 0 Å². The van der Waals surface area contributed by atoms with Crippen LogP contribution < -0.4 is 0 Å². The second-order valence-electron chi connectivity index (χ2n) is 23.1. The Bertz CT molecular complexity index is 1560. The van der Waals surface area contributed by atoms with Crippen molar-refractivity contribution in [2.75, 3.05) is 26.4 Å². The molecule has 2 heterocycles. The van der Waals surface area contributed by atoms with E-state index in [-0.39, 0.29) is 25.9 Å². The molecule has 2 aliphatic heterocycles. The highest BCUT2D eigenvalue weighted by Gasteiger charge is 2.49. The van der Waals surface area contributed by atoms with E-state index in [2.05, 4.69) is 45.1 Å². The van der Waals surface area contributed by atoms with E-state index < -0.39 is 105 Å². The number of aliphatic hydroxyl groups excluding tert-OH is 6. The van der Waals surface area contributed by atoms with E-state index in [9.17, 15) is 45.0 Å². The minimum absolute atomic E-state index is 0.0755. The first-order chi connectivity index (χ1) is 39.5. The van der Waals surface area contributed by atoms with E-state index in [4.69, 9.17) is 33.2 Å². The van der Waals surface area contributed by atoms with Crippen LogP contribution in [-0.4, -0.2) is 142 Å². The topological polar surface area (TPSA) is 237 Å². The molecule has 0 saturated carbocycles. The zero-order valence-electron chi connectivity index (χ0n) is 51.0. The van der Waals surface area contributed by atoms with Crippen LogP contribution in [0.25, 0.3) is 0 Å². The van der Waals surface area contributed by atoms with Gasteiger partial charge in [0.1, 0.15) is 49.3 Å². The van der Waals surface area contributed by atoms with Gasteiger partial charge in [0.25, 0.3) is 0 Å². The average molecular weight is 1160 g/mol. The molecule has 16 heteroatoms. The maximum absolute atomic E-state index is 13.2. The largest absolute Gasteiger partial charge is 0.462 e. The van der Waals surface area contributed by atoms with Gasteiger partial charge in [-0.2, -0.15) is 0 Å². The molecule has 0 aromatic rings. The van der Waals surface area contributed by atoms with Crippen molar-refractivity contribution in [3.8, 4) is 0 Å². The quantitative estimate of drug-likeness (QED) is 0.0144. The molecule has 2 aliphatic rings. The molecular weight excluding hydrogens is 1040 g/mol. The zero-order chi connectivity index (χ0) is 59.0. The zero-order valence-corrected chi connectivity index (χ0v) is 51.0. The van der Waals surface area contributed by atoms with Gasteiger partial charge in [0.05, 0.1) is 19.8 Å². The third-order valence-electron chi connectivity index (χ3n) is 15.7. The smallest absolute Gasteiger partial charge is 0.306 e. The number of aliphatic hydroxyl groups is 6. The van der Waals surface area contributed by atoms with Crippen LogP contribution in [0.5, 0.6) is 0 Å². The molecule has 0 bridgehead atoms. The number of unbranched alkanes of at least 4 members (excludes halogenated alkanes) is 32. The molecule has 0 spiro atoms. The summed E-state index contributed by atoms with van der Waals surface area (Å²) in [5.74, 6) is -1.57. The highest BCUT2D eigenvalue weighted by Crippen LogP contribution is 2.28. The SMILES string of the molecule is CCCCC/C=C\C/C=C\CCCCCCCC(=O)O[C@H](COC(=O)CCCCCCCCCCCCCCC)CO[C@@H]1O[C@H](CO[C@H]2O[C@H](CO)[C@H](O)[C@H](OC(=O)CCCCCCCCCCCCCCC)[C@H]2O)[C@H](O)[C@H](O)[C@H]1O. The molecule has 474 valence electrons. The first-order valence-corrected chi connectivity index (χ1v) is 32.9. The molecule has 0 aromatic heterocycles. The maximum Gasteiger partial charge on any atom is 0.306 e. The molecule has 11 atom stereocenters. The van der Waals surface area contributed by atoms with Gasteiger partial charge in [-0.25, -0.2) is 0 Å². The molecule has 2 rings (SSSR count). The van der Waals surface area contributed by atoms with Gasteiger partial charge < -0.3 is 63.8 Å². The first-order valence-electron chi connectivity index (χ1n) is 32.9. The van der Waals surface area contributed by atoms with Crippen LogP contribution in [0.3, 0.4) is 0 Å². The van der Waals surface area contributed by atoms with Gasteiger partial charge in [0, 0.05) is 19.3 Å². The summed E-state index contributed by atoms with van der Waals surface area (Å²) in [6, 6.07) is 0. The van der Waals surface area contributed by atoms with Crippen molar-refractivity contribution in [2.24, 2.45) is 0 Å². The summed E-state index contributed by atoms with van der Waals surface area (Å²) in [6.07, 6.45) is 34.0. The number of esters is 3.